The number of pyridine rings is 1. The standard InChI is InChI=1S/C13H16N4O/c1-8(2)12-16-11(14)9(3)13(17-12)18-10-5-4-6-15-7-10/h4-8H,1-3H3,(H2,14,16,17). The smallest absolute Gasteiger partial charge is 0.227 e. The normalized spacial score (nSPS) is 10.7. The number of rotatable bonds is 3. The van der Waals surface area contributed by atoms with Crippen LogP contribution in [0.15, 0.2) is 24.5 Å². The largest absolute Gasteiger partial charge is 0.437 e. The lowest BCUT2D eigenvalue weighted by Gasteiger charge is -2.12. The van der Waals surface area contributed by atoms with Gasteiger partial charge in [-0.15, -0.1) is 0 Å². The molecule has 0 amide bonds. The SMILES string of the molecule is Cc1c(N)nc(C(C)C)nc1Oc1cccnc1. The summed E-state index contributed by atoms with van der Waals surface area (Å²) in [4.78, 5) is 12.6. The predicted octanol–water partition coefficient (Wildman–Crippen LogP) is 2.68. The predicted molar refractivity (Wildman–Crippen MR) is 69.6 cm³/mol. The van der Waals surface area contributed by atoms with E-state index in [1.54, 1.807) is 18.5 Å². The molecule has 5 heteroatoms. The number of anilines is 1. The van der Waals surface area contributed by atoms with Gasteiger partial charge in [0.2, 0.25) is 5.88 Å². The zero-order valence-corrected chi connectivity index (χ0v) is 10.7. The van der Waals surface area contributed by atoms with E-state index in [2.05, 4.69) is 15.0 Å². The molecule has 2 heterocycles. The van der Waals surface area contributed by atoms with Gasteiger partial charge >= 0.3 is 0 Å². The highest BCUT2D eigenvalue weighted by molar-refractivity contribution is 5.46. The second-order valence-electron chi connectivity index (χ2n) is 4.34. The molecule has 0 aliphatic carbocycles. The molecule has 2 N–H and O–H groups in total. The fourth-order valence-electron chi connectivity index (χ4n) is 1.41. The third-order valence-corrected chi connectivity index (χ3v) is 2.52. The van der Waals surface area contributed by atoms with E-state index in [1.165, 1.54) is 0 Å². The molecule has 0 fully saturated rings. The molecule has 5 nitrogen and oxygen atoms in total. The zero-order chi connectivity index (χ0) is 13.1. The van der Waals surface area contributed by atoms with Gasteiger partial charge in [-0.05, 0) is 19.1 Å². The van der Waals surface area contributed by atoms with Crippen molar-refractivity contribution in [1.29, 1.82) is 0 Å². The van der Waals surface area contributed by atoms with Gasteiger partial charge < -0.3 is 10.5 Å². The Balaban J connectivity index is 2.38. The van der Waals surface area contributed by atoms with Crippen molar-refractivity contribution >= 4 is 5.82 Å². The van der Waals surface area contributed by atoms with E-state index < -0.39 is 0 Å². The van der Waals surface area contributed by atoms with Gasteiger partial charge in [0.25, 0.3) is 0 Å². The van der Waals surface area contributed by atoms with Gasteiger partial charge in [-0.1, -0.05) is 13.8 Å². The van der Waals surface area contributed by atoms with Gasteiger partial charge in [0.1, 0.15) is 17.4 Å². The molecule has 94 valence electrons. The van der Waals surface area contributed by atoms with Gasteiger partial charge in [-0.3, -0.25) is 4.98 Å². The van der Waals surface area contributed by atoms with E-state index in [4.69, 9.17) is 10.5 Å². The van der Waals surface area contributed by atoms with Crippen LogP contribution >= 0.6 is 0 Å². The van der Waals surface area contributed by atoms with Crippen molar-refractivity contribution < 1.29 is 4.74 Å². The quantitative estimate of drug-likeness (QED) is 0.898. The first-order valence-corrected chi connectivity index (χ1v) is 5.80. The van der Waals surface area contributed by atoms with Crippen LogP contribution in [0.2, 0.25) is 0 Å². The van der Waals surface area contributed by atoms with Crippen LogP contribution in [0.5, 0.6) is 11.6 Å². The van der Waals surface area contributed by atoms with E-state index in [0.717, 1.165) is 5.56 Å². The number of hydrogen-bond acceptors (Lipinski definition) is 5. The molecule has 0 saturated carbocycles. The van der Waals surface area contributed by atoms with Gasteiger partial charge in [0.05, 0.1) is 11.8 Å². The molecule has 0 spiro atoms. The Hall–Kier alpha value is -2.17. The Bertz CT molecular complexity index is 540. The average molecular weight is 244 g/mol. The van der Waals surface area contributed by atoms with Crippen molar-refractivity contribution in [3.8, 4) is 11.6 Å². The van der Waals surface area contributed by atoms with Crippen molar-refractivity contribution in [2.24, 2.45) is 0 Å². The molecule has 0 aromatic carbocycles. The summed E-state index contributed by atoms with van der Waals surface area (Å²) in [6, 6.07) is 3.62. The molecule has 2 aromatic rings. The maximum atomic E-state index is 5.87. The van der Waals surface area contributed by atoms with Crippen LogP contribution in [0.1, 0.15) is 31.2 Å². The first-order chi connectivity index (χ1) is 8.58. The summed E-state index contributed by atoms with van der Waals surface area (Å²) < 4.78 is 5.69. The molecular weight excluding hydrogens is 228 g/mol. The summed E-state index contributed by atoms with van der Waals surface area (Å²) in [5.74, 6) is 2.45. The number of hydrogen-bond donors (Lipinski definition) is 1. The van der Waals surface area contributed by atoms with Crippen molar-refractivity contribution in [3.63, 3.8) is 0 Å². The lowest BCUT2D eigenvalue weighted by Crippen LogP contribution is -2.06. The van der Waals surface area contributed by atoms with Crippen LogP contribution in [-0.4, -0.2) is 15.0 Å². The highest BCUT2D eigenvalue weighted by atomic mass is 16.5. The number of aromatic nitrogens is 3. The molecule has 2 aromatic heterocycles. The number of nitrogens with two attached hydrogens (primary N) is 1. The summed E-state index contributed by atoms with van der Waals surface area (Å²) in [5, 5.41) is 0. The van der Waals surface area contributed by atoms with Gasteiger partial charge in [-0.2, -0.15) is 4.98 Å². The van der Waals surface area contributed by atoms with Gasteiger partial charge in [-0.25, -0.2) is 4.98 Å². The fourth-order valence-corrected chi connectivity index (χ4v) is 1.41. The molecule has 0 saturated heterocycles. The third kappa shape index (κ3) is 2.56. The zero-order valence-electron chi connectivity index (χ0n) is 10.7. The maximum Gasteiger partial charge on any atom is 0.227 e. The molecule has 18 heavy (non-hydrogen) atoms. The van der Waals surface area contributed by atoms with Gasteiger partial charge in [0.15, 0.2) is 0 Å². The topological polar surface area (TPSA) is 73.9 Å². The molecule has 0 unspecified atom stereocenters. The highest BCUT2D eigenvalue weighted by Crippen LogP contribution is 2.26. The Morgan fingerprint density at radius 1 is 1.28 bits per heavy atom. The summed E-state index contributed by atoms with van der Waals surface area (Å²) in [6.07, 6.45) is 3.32. The summed E-state index contributed by atoms with van der Waals surface area (Å²) in [7, 11) is 0. The Morgan fingerprint density at radius 3 is 2.67 bits per heavy atom. The van der Waals surface area contributed by atoms with Gasteiger partial charge in [0, 0.05) is 12.1 Å². The van der Waals surface area contributed by atoms with Crippen LogP contribution in [-0.2, 0) is 0 Å². The minimum absolute atomic E-state index is 0.198. The molecule has 0 radical (unpaired) electrons. The number of nitrogen functional groups attached to an aromatic ring is 1. The van der Waals surface area contributed by atoms with E-state index >= 15 is 0 Å². The third-order valence-electron chi connectivity index (χ3n) is 2.52. The monoisotopic (exact) mass is 244 g/mol. The molecule has 0 bridgehead atoms. The van der Waals surface area contributed by atoms with E-state index in [-0.39, 0.29) is 5.92 Å². The van der Waals surface area contributed by atoms with Crippen LogP contribution in [0.3, 0.4) is 0 Å². The fraction of sp³-hybridized carbons (Fsp3) is 0.308. The van der Waals surface area contributed by atoms with Crippen LogP contribution in [0.25, 0.3) is 0 Å². The van der Waals surface area contributed by atoms with Crippen LogP contribution < -0.4 is 10.5 Å². The van der Waals surface area contributed by atoms with Crippen molar-refractivity contribution in [1.82, 2.24) is 15.0 Å². The van der Waals surface area contributed by atoms with Crippen molar-refractivity contribution in [3.05, 3.63) is 35.9 Å². The van der Waals surface area contributed by atoms with E-state index in [1.807, 2.05) is 26.8 Å². The van der Waals surface area contributed by atoms with Crippen LogP contribution in [0.4, 0.5) is 5.82 Å². The second kappa shape index (κ2) is 5.00. The summed E-state index contributed by atoms with van der Waals surface area (Å²) in [5.41, 5.74) is 6.61. The maximum absolute atomic E-state index is 5.87. The lowest BCUT2D eigenvalue weighted by molar-refractivity contribution is 0.451. The van der Waals surface area contributed by atoms with E-state index in [0.29, 0.717) is 23.3 Å². The average Bonchev–Trinajstić information content (AvgIpc) is 2.35. The Labute approximate surface area is 106 Å². The van der Waals surface area contributed by atoms with Crippen molar-refractivity contribution in [2.75, 3.05) is 5.73 Å². The molecule has 0 aliphatic heterocycles. The minimum atomic E-state index is 0.198. The highest BCUT2D eigenvalue weighted by Gasteiger charge is 2.12. The lowest BCUT2D eigenvalue weighted by atomic mass is 10.2. The summed E-state index contributed by atoms with van der Waals surface area (Å²) >= 11 is 0. The van der Waals surface area contributed by atoms with Crippen molar-refractivity contribution in [2.45, 2.75) is 26.7 Å². The Kier molecular flexibility index (Phi) is 3.41. The minimum Gasteiger partial charge on any atom is -0.437 e. The molecular formula is C13H16N4O. The molecule has 0 aliphatic rings. The summed E-state index contributed by atoms with van der Waals surface area (Å²) in [6.45, 7) is 5.86. The molecule has 0 atom stereocenters. The first kappa shape index (κ1) is 12.3. The van der Waals surface area contributed by atoms with E-state index in [9.17, 15) is 0 Å². The second-order valence-corrected chi connectivity index (χ2v) is 4.34. The van der Waals surface area contributed by atoms with Crippen LogP contribution in [0, 0.1) is 6.92 Å². The molecule has 2 rings (SSSR count). The Morgan fingerprint density at radius 2 is 2.06 bits per heavy atom. The first-order valence-electron chi connectivity index (χ1n) is 5.80. The number of ether oxygens (including phenoxy) is 1. The number of nitrogens with zero attached hydrogens (tertiary/aromatic N) is 3.